The topological polar surface area (TPSA) is 70.2 Å². The Labute approximate surface area is 103 Å². The maximum absolute atomic E-state index is 10.8. The monoisotopic (exact) mass is 259 g/mol. The van der Waals surface area contributed by atoms with Crippen molar-refractivity contribution in [1.29, 1.82) is 5.41 Å². The lowest BCUT2D eigenvalue weighted by molar-refractivity contribution is -0.384. The third-order valence-electron chi connectivity index (χ3n) is 2.17. The van der Waals surface area contributed by atoms with E-state index in [1.807, 2.05) is 0 Å². The predicted molar refractivity (Wildman–Crippen MR) is 67.9 cm³/mol. The van der Waals surface area contributed by atoms with Crippen LogP contribution in [0.15, 0.2) is 24.3 Å². The molecule has 0 saturated carbocycles. The quantitative estimate of drug-likeness (QED) is 0.654. The molecule has 0 aromatic heterocycles. The van der Waals surface area contributed by atoms with Crippen LogP contribution in [0.5, 0.6) is 0 Å². The van der Waals surface area contributed by atoms with Crippen LogP contribution < -0.4 is 4.90 Å². The van der Waals surface area contributed by atoms with Gasteiger partial charge in [-0.1, -0.05) is 23.9 Å². The maximum atomic E-state index is 10.8. The Bertz CT molecular complexity index is 427. The van der Waals surface area contributed by atoms with E-state index in [1.165, 1.54) is 17.8 Å². The molecule has 86 valence electrons. The number of nitro benzene ring substituents is 1. The fourth-order valence-electron chi connectivity index (χ4n) is 1.49. The fraction of sp³-hybridized carbons (Fsp3) is 0.222. The number of thioether (sulfide) groups is 1. The lowest BCUT2D eigenvalue weighted by Gasteiger charge is -2.16. The van der Waals surface area contributed by atoms with Gasteiger partial charge in [0.1, 0.15) is 5.69 Å². The van der Waals surface area contributed by atoms with Crippen molar-refractivity contribution in [3.8, 4) is 0 Å². The Balaban J connectivity index is 0.00000128. The van der Waals surface area contributed by atoms with E-state index in [0.29, 0.717) is 17.4 Å². The van der Waals surface area contributed by atoms with Gasteiger partial charge >= 0.3 is 0 Å². The molecule has 1 saturated heterocycles. The molecule has 0 spiro atoms. The first-order valence-corrected chi connectivity index (χ1v) is 5.41. The molecule has 0 unspecified atom stereocenters. The first kappa shape index (κ1) is 12.8. The molecule has 7 heteroatoms. The molecule has 0 bridgehead atoms. The zero-order chi connectivity index (χ0) is 10.8. The first-order valence-electron chi connectivity index (χ1n) is 4.42. The lowest BCUT2D eigenvalue weighted by atomic mass is 10.2. The number of halogens is 1. The van der Waals surface area contributed by atoms with Gasteiger partial charge < -0.3 is 4.90 Å². The van der Waals surface area contributed by atoms with E-state index in [4.69, 9.17) is 5.41 Å². The van der Waals surface area contributed by atoms with Crippen molar-refractivity contribution in [2.24, 2.45) is 0 Å². The van der Waals surface area contributed by atoms with Gasteiger partial charge in [-0.05, 0) is 6.07 Å². The van der Waals surface area contributed by atoms with Crippen LogP contribution in [0.1, 0.15) is 0 Å². The average molecular weight is 260 g/mol. The standard InChI is InChI=1S/C9H9N3O2S.ClH/c10-9-11(5-6-15-9)7-3-1-2-4-8(7)12(13)14;/h1-4,10H,5-6H2;1H. The normalized spacial score (nSPS) is 14.8. The third kappa shape index (κ3) is 2.28. The van der Waals surface area contributed by atoms with E-state index >= 15 is 0 Å². The second-order valence-corrected chi connectivity index (χ2v) is 4.13. The van der Waals surface area contributed by atoms with Gasteiger partial charge in [-0.3, -0.25) is 15.5 Å². The van der Waals surface area contributed by atoms with Gasteiger partial charge in [0.15, 0.2) is 5.17 Å². The summed E-state index contributed by atoms with van der Waals surface area (Å²) in [6.07, 6.45) is 0. The zero-order valence-corrected chi connectivity index (χ0v) is 9.88. The summed E-state index contributed by atoms with van der Waals surface area (Å²) in [7, 11) is 0. The number of nitrogens with zero attached hydrogens (tertiary/aromatic N) is 2. The second-order valence-electron chi connectivity index (χ2n) is 3.05. The van der Waals surface area contributed by atoms with Gasteiger partial charge in [-0.2, -0.15) is 0 Å². The van der Waals surface area contributed by atoms with Crippen molar-refractivity contribution < 1.29 is 4.92 Å². The number of rotatable bonds is 2. The minimum atomic E-state index is -0.411. The number of para-hydroxylation sites is 2. The molecule has 1 aliphatic rings. The number of hydrogen-bond acceptors (Lipinski definition) is 4. The number of anilines is 1. The Morgan fingerprint density at radius 3 is 2.69 bits per heavy atom. The number of nitro groups is 1. The number of hydrogen-bond donors (Lipinski definition) is 1. The highest BCUT2D eigenvalue weighted by Crippen LogP contribution is 2.32. The lowest BCUT2D eigenvalue weighted by Crippen LogP contribution is -2.23. The molecule has 0 atom stereocenters. The van der Waals surface area contributed by atoms with Crippen molar-refractivity contribution in [2.75, 3.05) is 17.2 Å². The van der Waals surface area contributed by atoms with Crippen LogP contribution in [0.3, 0.4) is 0 Å². The van der Waals surface area contributed by atoms with Crippen LogP contribution in [0.2, 0.25) is 0 Å². The molecule has 16 heavy (non-hydrogen) atoms. The Morgan fingerprint density at radius 1 is 1.44 bits per heavy atom. The predicted octanol–water partition coefficient (Wildman–Crippen LogP) is 2.50. The Morgan fingerprint density at radius 2 is 2.12 bits per heavy atom. The van der Waals surface area contributed by atoms with Gasteiger partial charge in [-0.25, -0.2) is 0 Å². The molecule has 1 N–H and O–H groups in total. The molecule has 2 rings (SSSR count). The van der Waals surface area contributed by atoms with Gasteiger partial charge in [0.2, 0.25) is 0 Å². The molecule has 1 fully saturated rings. The van der Waals surface area contributed by atoms with Gasteiger partial charge in [0, 0.05) is 18.4 Å². The van der Waals surface area contributed by atoms with Gasteiger partial charge in [0.25, 0.3) is 5.69 Å². The molecule has 5 nitrogen and oxygen atoms in total. The smallest absolute Gasteiger partial charge is 0.292 e. The van der Waals surface area contributed by atoms with E-state index < -0.39 is 4.92 Å². The number of amidine groups is 1. The van der Waals surface area contributed by atoms with Crippen molar-refractivity contribution in [3.05, 3.63) is 34.4 Å². The van der Waals surface area contributed by atoms with E-state index in [-0.39, 0.29) is 18.1 Å². The van der Waals surface area contributed by atoms with Gasteiger partial charge in [-0.15, -0.1) is 12.4 Å². The third-order valence-corrected chi connectivity index (χ3v) is 3.05. The SMILES string of the molecule is Cl.N=C1SCCN1c1ccccc1[N+](=O)[O-]. The van der Waals surface area contributed by atoms with Crippen LogP contribution in [0.4, 0.5) is 11.4 Å². The van der Waals surface area contributed by atoms with Crippen molar-refractivity contribution in [2.45, 2.75) is 0 Å². The molecule has 1 aromatic carbocycles. The van der Waals surface area contributed by atoms with Crippen LogP contribution in [0.25, 0.3) is 0 Å². The van der Waals surface area contributed by atoms with E-state index in [1.54, 1.807) is 23.1 Å². The molecule has 1 aromatic rings. The number of benzene rings is 1. The summed E-state index contributed by atoms with van der Waals surface area (Å²) in [5, 5.41) is 18.8. The Kier molecular flexibility index (Phi) is 4.14. The highest BCUT2D eigenvalue weighted by molar-refractivity contribution is 8.14. The number of nitrogens with one attached hydrogen (secondary N) is 1. The van der Waals surface area contributed by atoms with E-state index in [2.05, 4.69) is 0 Å². The zero-order valence-electron chi connectivity index (χ0n) is 8.25. The van der Waals surface area contributed by atoms with E-state index in [9.17, 15) is 10.1 Å². The highest BCUT2D eigenvalue weighted by Gasteiger charge is 2.25. The highest BCUT2D eigenvalue weighted by atomic mass is 35.5. The van der Waals surface area contributed by atoms with Gasteiger partial charge in [0.05, 0.1) is 4.92 Å². The Hall–Kier alpha value is -1.27. The molecule has 0 amide bonds. The summed E-state index contributed by atoms with van der Waals surface area (Å²) in [5.74, 6) is 0.810. The van der Waals surface area contributed by atoms with Crippen LogP contribution in [-0.2, 0) is 0 Å². The van der Waals surface area contributed by atoms with E-state index in [0.717, 1.165) is 5.75 Å². The fourth-order valence-corrected chi connectivity index (χ4v) is 2.30. The van der Waals surface area contributed by atoms with Crippen LogP contribution in [0, 0.1) is 15.5 Å². The molecular weight excluding hydrogens is 250 g/mol. The van der Waals surface area contributed by atoms with Crippen molar-refractivity contribution in [1.82, 2.24) is 0 Å². The second kappa shape index (κ2) is 5.18. The molecule has 1 heterocycles. The summed E-state index contributed by atoms with van der Waals surface area (Å²) in [5.41, 5.74) is 0.572. The maximum Gasteiger partial charge on any atom is 0.292 e. The summed E-state index contributed by atoms with van der Waals surface area (Å²) in [6.45, 7) is 0.661. The summed E-state index contributed by atoms with van der Waals surface area (Å²) >= 11 is 1.41. The van der Waals surface area contributed by atoms with Crippen LogP contribution >= 0.6 is 24.2 Å². The van der Waals surface area contributed by atoms with Crippen molar-refractivity contribution >= 4 is 40.7 Å². The average Bonchev–Trinajstić information content (AvgIpc) is 2.64. The molecule has 0 radical (unpaired) electrons. The first-order chi connectivity index (χ1) is 7.20. The molecule has 0 aliphatic carbocycles. The summed E-state index contributed by atoms with van der Waals surface area (Å²) < 4.78 is 0. The minimum absolute atomic E-state index is 0. The van der Waals surface area contributed by atoms with Crippen molar-refractivity contribution in [3.63, 3.8) is 0 Å². The summed E-state index contributed by atoms with van der Waals surface area (Å²) in [6, 6.07) is 6.53. The minimum Gasteiger partial charge on any atom is -0.315 e. The van der Waals surface area contributed by atoms with Crippen LogP contribution in [-0.4, -0.2) is 22.4 Å². The summed E-state index contributed by atoms with van der Waals surface area (Å²) in [4.78, 5) is 12.0. The molecular formula is C9H10ClN3O2S. The largest absolute Gasteiger partial charge is 0.315 e. The molecule has 1 aliphatic heterocycles.